The second-order valence-electron chi connectivity index (χ2n) is 7.32. The van der Waals surface area contributed by atoms with E-state index < -0.39 is 0 Å². The van der Waals surface area contributed by atoms with Crippen LogP contribution in [0.15, 0.2) is 59.6 Å². The number of benzene rings is 2. The molecule has 28 heavy (non-hydrogen) atoms. The second-order valence-corrected chi connectivity index (χ2v) is 7.32. The second kappa shape index (κ2) is 9.40. The molecule has 0 heterocycles. The predicted molar refractivity (Wildman–Crippen MR) is 115 cm³/mol. The smallest absolute Gasteiger partial charge is 0.251 e. The van der Waals surface area contributed by atoms with Gasteiger partial charge in [0.1, 0.15) is 0 Å². The maximum absolute atomic E-state index is 11.6. The van der Waals surface area contributed by atoms with Gasteiger partial charge >= 0.3 is 0 Å². The van der Waals surface area contributed by atoms with Crippen molar-refractivity contribution in [2.24, 2.45) is 4.99 Å². The first-order valence-electron chi connectivity index (χ1n) is 10.1. The first-order chi connectivity index (χ1) is 13.7. The highest BCUT2D eigenvalue weighted by Gasteiger charge is 2.38. The van der Waals surface area contributed by atoms with Gasteiger partial charge in [0.2, 0.25) is 0 Å². The molecule has 3 N–H and O–H groups in total. The van der Waals surface area contributed by atoms with Crippen LogP contribution in [-0.2, 0) is 12.0 Å². The number of rotatable bonds is 7. The number of hydrogen-bond acceptors (Lipinski definition) is 2. The average Bonchev–Trinajstić information content (AvgIpc) is 2.71. The summed E-state index contributed by atoms with van der Waals surface area (Å²) in [7, 11) is 1.64. The van der Waals surface area contributed by atoms with Crippen molar-refractivity contribution in [1.82, 2.24) is 16.0 Å². The molecule has 0 radical (unpaired) electrons. The SMILES string of the molecule is CCNC(=NCc1ccc(C(=O)NC)cc1)NCC1(c2ccccc2)CCC1. The van der Waals surface area contributed by atoms with Crippen molar-refractivity contribution in [3.63, 3.8) is 0 Å². The minimum atomic E-state index is -0.0724. The van der Waals surface area contributed by atoms with Gasteiger partial charge in [0.05, 0.1) is 6.54 Å². The van der Waals surface area contributed by atoms with Crippen LogP contribution < -0.4 is 16.0 Å². The third-order valence-corrected chi connectivity index (χ3v) is 5.50. The summed E-state index contributed by atoms with van der Waals surface area (Å²) in [6.45, 7) is 4.35. The average molecular weight is 379 g/mol. The molecule has 1 aliphatic carbocycles. The third-order valence-electron chi connectivity index (χ3n) is 5.50. The molecule has 5 nitrogen and oxygen atoms in total. The van der Waals surface area contributed by atoms with E-state index in [1.54, 1.807) is 7.05 Å². The molecule has 0 aromatic heterocycles. The summed E-state index contributed by atoms with van der Waals surface area (Å²) < 4.78 is 0. The predicted octanol–water partition coefficient (Wildman–Crippen LogP) is 3.22. The van der Waals surface area contributed by atoms with Crippen LogP contribution in [0.1, 0.15) is 47.7 Å². The number of nitrogens with one attached hydrogen (secondary N) is 3. The number of carbonyl (C=O) groups is 1. The molecule has 1 aliphatic rings. The van der Waals surface area contributed by atoms with Gasteiger partial charge in [-0.25, -0.2) is 4.99 Å². The van der Waals surface area contributed by atoms with Crippen molar-refractivity contribution in [2.45, 2.75) is 38.1 Å². The van der Waals surface area contributed by atoms with Gasteiger partial charge < -0.3 is 16.0 Å². The Bertz CT molecular complexity index is 795. The largest absolute Gasteiger partial charge is 0.357 e. The highest BCUT2D eigenvalue weighted by atomic mass is 16.1. The molecule has 0 bridgehead atoms. The molecule has 0 aliphatic heterocycles. The van der Waals surface area contributed by atoms with Crippen LogP contribution in [0.5, 0.6) is 0 Å². The Morgan fingerprint density at radius 3 is 2.32 bits per heavy atom. The lowest BCUT2D eigenvalue weighted by atomic mass is 9.64. The van der Waals surface area contributed by atoms with Crippen LogP contribution in [0, 0.1) is 0 Å². The van der Waals surface area contributed by atoms with Gasteiger partial charge in [-0.05, 0) is 43.0 Å². The van der Waals surface area contributed by atoms with Crippen molar-refractivity contribution in [3.05, 3.63) is 71.3 Å². The molecule has 2 aromatic rings. The Morgan fingerprint density at radius 1 is 1.04 bits per heavy atom. The molecule has 0 unspecified atom stereocenters. The Labute approximate surface area is 167 Å². The van der Waals surface area contributed by atoms with E-state index in [9.17, 15) is 4.79 Å². The van der Waals surface area contributed by atoms with Gasteiger partial charge in [0.25, 0.3) is 5.91 Å². The van der Waals surface area contributed by atoms with Crippen molar-refractivity contribution in [2.75, 3.05) is 20.1 Å². The van der Waals surface area contributed by atoms with E-state index in [2.05, 4.69) is 53.2 Å². The summed E-state index contributed by atoms with van der Waals surface area (Å²) in [5.74, 6) is 0.761. The molecule has 3 rings (SSSR count). The number of guanidine groups is 1. The first kappa shape index (κ1) is 19.9. The van der Waals surface area contributed by atoms with E-state index in [0.29, 0.717) is 12.1 Å². The molecule has 1 amide bonds. The van der Waals surface area contributed by atoms with Crippen molar-refractivity contribution < 1.29 is 4.79 Å². The normalized spacial score (nSPS) is 15.4. The van der Waals surface area contributed by atoms with Gasteiger partial charge in [-0.2, -0.15) is 0 Å². The number of aliphatic imine (C=N–C) groups is 1. The molecular formula is C23H30N4O. The molecule has 1 saturated carbocycles. The summed E-state index contributed by atoms with van der Waals surface area (Å²) in [5.41, 5.74) is 3.36. The third kappa shape index (κ3) is 4.71. The number of hydrogen-bond donors (Lipinski definition) is 3. The fourth-order valence-electron chi connectivity index (χ4n) is 3.63. The monoisotopic (exact) mass is 378 g/mol. The number of amides is 1. The van der Waals surface area contributed by atoms with Crippen molar-refractivity contribution in [1.29, 1.82) is 0 Å². The fourth-order valence-corrected chi connectivity index (χ4v) is 3.63. The lowest BCUT2D eigenvalue weighted by molar-refractivity contribution is 0.0963. The minimum absolute atomic E-state index is 0.0724. The van der Waals surface area contributed by atoms with Crippen LogP contribution in [0.4, 0.5) is 0 Å². The summed E-state index contributed by atoms with van der Waals surface area (Å²) >= 11 is 0. The van der Waals surface area contributed by atoms with Gasteiger partial charge in [-0.15, -0.1) is 0 Å². The van der Waals surface area contributed by atoms with E-state index in [1.165, 1.54) is 24.8 Å². The molecule has 1 fully saturated rings. The first-order valence-corrected chi connectivity index (χ1v) is 10.1. The summed E-state index contributed by atoms with van der Waals surface area (Å²) in [4.78, 5) is 16.4. The maximum atomic E-state index is 11.6. The summed E-state index contributed by atoms with van der Waals surface area (Å²) in [6, 6.07) is 18.4. The quantitative estimate of drug-likeness (QED) is 0.512. The highest BCUT2D eigenvalue weighted by Crippen LogP contribution is 2.43. The van der Waals surface area contributed by atoms with Crippen LogP contribution >= 0.6 is 0 Å². The maximum Gasteiger partial charge on any atom is 0.251 e. The van der Waals surface area contributed by atoms with Crippen LogP contribution in [0.25, 0.3) is 0 Å². The van der Waals surface area contributed by atoms with Gasteiger partial charge in [0.15, 0.2) is 5.96 Å². The van der Waals surface area contributed by atoms with Crippen molar-refractivity contribution in [3.8, 4) is 0 Å². The Hall–Kier alpha value is -2.82. The standard InChI is InChI=1S/C23H30N4O/c1-3-25-22(26-16-18-10-12-19(13-11-18)21(28)24-2)27-17-23(14-7-15-23)20-8-5-4-6-9-20/h4-6,8-13H,3,7,14-17H2,1-2H3,(H,24,28)(H2,25,26,27). The lowest BCUT2D eigenvalue weighted by Gasteiger charge is -2.43. The molecule has 0 spiro atoms. The number of carbonyl (C=O) groups excluding carboxylic acids is 1. The summed E-state index contributed by atoms with van der Waals surface area (Å²) in [6.07, 6.45) is 3.71. The van der Waals surface area contributed by atoms with Crippen LogP contribution in [0.2, 0.25) is 0 Å². The molecule has 2 aromatic carbocycles. The van der Waals surface area contributed by atoms with E-state index in [0.717, 1.165) is 24.6 Å². The molecule has 0 saturated heterocycles. The zero-order valence-corrected chi connectivity index (χ0v) is 16.8. The van der Waals surface area contributed by atoms with Crippen molar-refractivity contribution >= 4 is 11.9 Å². The molecule has 5 heteroatoms. The zero-order chi connectivity index (χ0) is 19.8. The van der Waals surface area contributed by atoms with Crippen LogP contribution in [-0.4, -0.2) is 32.0 Å². The van der Waals surface area contributed by atoms with E-state index in [1.807, 2.05) is 24.3 Å². The molecule has 0 atom stereocenters. The van der Waals surface area contributed by atoms with Gasteiger partial charge in [0, 0.05) is 31.1 Å². The molecule has 148 valence electrons. The zero-order valence-electron chi connectivity index (χ0n) is 16.8. The van der Waals surface area contributed by atoms with E-state index >= 15 is 0 Å². The van der Waals surface area contributed by atoms with E-state index in [-0.39, 0.29) is 11.3 Å². The Balaban J connectivity index is 1.63. The Kier molecular flexibility index (Phi) is 6.69. The van der Waals surface area contributed by atoms with Gasteiger partial charge in [-0.3, -0.25) is 4.79 Å². The minimum Gasteiger partial charge on any atom is -0.357 e. The van der Waals surface area contributed by atoms with Gasteiger partial charge in [-0.1, -0.05) is 48.9 Å². The highest BCUT2D eigenvalue weighted by molar-refractivity contribution is 5.93. The topological polar surface area (TPSA) is 65.5 Å². The van der Waals surface area contributed by atoms with E-state index in [4.69, 9.17) is 4.99 Å². The summed E-state index contributed by atoms with van der Waals surface area (Å²) in [5, 5.41) is 9.52. The van der Waals surface area contributed by atoms with Crippen LogP contribution in [0.3, 0.4) is 0 Å². The number of nitrogens with zero attached hydrogens (tertiary/aromatic N) is 1. The lowest BCUT2D eigenvalue weighted by Crippen LogP contribution is -2.48. The molecular weight excluding hydrogens is 348 g/mol. The fraction of sp³-hybridized carbons (Fsp3) is 0.391. The Morgan fingerprint density at radius 2 is 1.75 bits per heavy atom.